The Morgan fingerprint density at radius 2 is 2.10 bits per heavy atom. The molecule has 2 N–H and O–H groups in total. The van der Waals surface area contributed by atoms with E-state index in [1.165, 1.54) is 17.8 Å². The standard InChI is InChI=1S/C14H18FNO3S/c1-2-5-11(14(18)19)16-13(17)8-9-20-12-7-4-3-6-10(12)15/h3-4,6-7,11H,2,5,8-9H2,1H3,(H,16,17)(H,18,19)/t11-/m1/s1. The monoisotopic (exact) mass is 299 g/mol. The van der Waals surface area contributed by atoms with Crippen LogP contribution < -0.4 is 5.32 Å². The molecule has 0 saturated carbocycles. The second-order valence-corrected chi connectivity index (χ2v) is 5.41. The van der Waals surface area contributed by atoms with Crippen molar-refractivity contribution in [1.82, 2.24) is 5.32 Å². The van der Waals surface area contributed by atoms with Crippen molar-refractivity contribution >= 4 is 23.6 Å². The van der Waals surface area contributed by atoms with Crippen molar-refractivity contribution in [1.29, 1.82) is 0 Å². The van der Waals surface area contributed by atoms with Crippen LogP contribution in [-0.2, 0) is 9.59 Å². The predicted molar refractivity (Wildman–Crippen MR) is 76.2 cm³/mol. The fourth-order valence-electron chi connectivity index (χ4n) is 1.63. The fourth-order valence-corrected chi connectivity index (χ4v) is 2.52. The molecule has 0 aliphatic heterocycles. The molecular weight excluding hydrogens is 281 g/mol. The summed E-state index contributed by atoms with van der Waals surface area (Å²) < 4.78 is 13.3. The summed E-state index contributed by atoms with van der Waals surface area (Å²) in [6.45, 7) is 1.86. The minimum Gasteiger partial charge on any atom is -0.480 e. The van der Waals surface area contributed by atoms with Crippen LogP contribution in [0.2, 0.25) is 0 Å². The number of carbonyl (C=O) groups excluding carboxylic acids is 1. The smallest absolute Gasteiger partial charge is 0.326 e. The van der Waals surface area contributed by atoms with Crippen molar-refractivity contribution < 1.29 is 19.1 Å². The van der Waals surface area contributed by atoms with Crippen molar-refractivity contribution in [2.24, 2.45) is 0 Å². The Morgan fingerprint density at radius 3 is 2.70 bits per heavy atom. The molecule has 110 valence electrons. The zero-order valence-electron chi connectivity index (χ0n) is 11.3. The SMILES string of the molecule is CCC[C@@H](NC(=O)CCSc1ccccc1F)C(=O)O. The van der Waals surface area contributed by atoms with Crippen LogP contribution in [0.25, 0.3) is 0 Å². The third-order valence-electron chi connectivity index (χ3n) is 2.63. The van der Waals surface area contributed by atoms with Gasteiger partial charge in [0.25, 0.3) is 0 Å². The number of benzene rings is 1. The van der Waals surface area contributed by atoms with E-state index in [0.29, 0.717) is 23.5 Å². The Balaban J connectivity index is 2.36. The van der Waals surface area contributed by atoms with Gasteiger partial charge < -0.3 is 10.4 Å². The summed E-state index contributed by atoms with van der Waals surface area (Å²) in [5.41, 5.74) is 0. The molecule has 1 amide bonds. The van der Waals surface area contributed by atoms with Gasteiger partial charge in [-0.25, -0.2) is 9.18 Å². The molecule has 1 atom stereocenters. The number of halogens is 1. The number of aliphatic carboxylic acids is 1. The Hall–Kier alpha value is -1.56. The maximum atomic E-state index is 13.3. The van der Waals surface area contributed by atoms with Crippen molar-refractivity contribution in [3.63, 3.8) is 0 Å². The predicted octanol–water partition coefficient (Wildman–Crippen LogP) is 2.68. The van der Waals surface area contributed by atoms with Crippen LogP contribution in [0.15, 0.2) is 29.2 Å². The highest BCUT2D eigenvalue weighted by atomic mass is 32.2. The number of hydrogen-bond donors (Lipinski definition) is 2. The summed E-state index contributed by atoms with van der Waals surface area (Å²) in [4.78, 5) is 23.0. The van der Waals surface area contributed by atoms with E-state index in [9.17, 15) is 14.0 Å². The molecule has 0 aromatic heterocycles. The van der Waals surface area contributed by atoms with Crippen LogP contribution in [0.5, 0.6) is 0 Å². The van der Waals surface area contributed by atoms with E-state index in [2.05, 4.69) is 5.32 Å². The lowest BCUT2D eigenvalue weighted by molar-refractivity contribution is -0.142. The Bertz CT molecular complexity index is 467. The van der Waals surface area contributed by atoms with Gasteiger partial charge in [-0.15, -0.1) is 11.8 Å². The molecule has 20 heavy (non-hydrogen) atoms. The molecule has 4 nitrogen and oxygen atoms in total. The number of carbonyl (C=O) groups is 2. The van der Waals surface area contributed by atoms with Crippen molar-refractivity contribution in [2.75, 3.05) is 5.75 Å². The summed E-state index contributed by atoms with van der Waals surface area (Å²) in [6, 6.07) is 5.51. The first-order valence-corrected chi connectivity index (χ1v) is 7.42. The van der Waals surface area contributed by atoms with E-state index < -0.39 is 12.0 Å². The number of carboxylic acids is 1. The molecule has 0 aliphatic carbocycles. The first-order chi connectivity index (χ1) is 9.54. The van der Waals surface area contributed by atoms with E-state index >= 15 is 0 Å². The van der Waals surface area contributed by atoms with Gasteiger partial charge in [0.05, 0.1) is 0 Å². The second kappa shape index (κ2) is 8.58. The fraction of sp³-hybridized carbons (Fsp3) is 0.429. The molecule has 1 rings (SSSR count). The topological polar surface area (TPSA) is 66.4 Å². The molecule has 0 heterocycles. The second-order valence-electron chi connectivity index (χ2n) is 4.28. The summed E-state index contributed by atoms with van der Waals surface area (Å²) >= 11 is 1.24. The minimum atomic E-state index is -1.03. The number of thioether (sulfide) groups is 1. The van der Waals surface area contributed by atoms with Gasteiger partial charge in [0.15, 0.2) is 0 Å². The van der Waals surface area contributed by atoms with Gasteiger partial charge in [0, 0.05) is 17.1 Å². The third-order valence-corrected chi connectivity index (χ3v) is 3.68. The van der Waals surface area contributed by atoms with Crippen LogP contribution in [-0.4, -0.2) is 28.8 Å². The first-order valence-electron chi connectivity index (χ1n) is 6.44. The van der Waals surface area contributed by atoms with Gasteiger partial charge in [0.2, 0.25) is 5.91 Å². The molecule has 1 aromatic rings. The molecule has 0 bridgehead atoms. The van der Waals surface area contributed by atoms with Gasteiger partial charge >= 0.3 is 5.97 Å². The summed E-state index contributed by atoms with van der Waals surface area (Å²) in [7, 11) is 0. The van der Waals surface area contributed by atoms with Crippen LogP contribution >= 0.6 is 11.8 Å². The average Bonchev–Trinajstić information content (AvgIpc) is 2.40. The number of carboxylic acid groups (broad SMARTS) is 1. The quantitative estimate of drug-likeness (QED) is 0.724. The highest BCUT2D eigenvalue weighted by Crippen LogP contribution is 2.21. The summed E-state index contributed by atoms with van der Waals surface area (Å²) in [5, 5.41) is 11.4. The lowest BCUT2D eigenvalue weighted by Crippen LogP contribution is -2.40. The van der Waals surface area contributed by atoms with Gasteiger partial charge in [-0.1, -0.05) is 25.5 Å². The van der Waals surface area contributed by atoms with Crippen molar-refractivity contribution in [3.05, 3.63) is 30.1 Å². The zero-order valence-corrected chi connectivity index (χ0v) is 12.1. The molecule has 1 aromatic carbocycles. The van der Waals surface area contributed by atoms with Crippen LogP contribution in [0.4, 0.5) is 4.39 Å². The van der Waals surface area contributed by atoms with E-state index in [1.54, 1.807) is 18.2 Å². The number of rotatable bonds is 8. The molecule has 0 radical (unpaired) electrons. The van der Waals surface area contributed by atoms with Gasteiger partial charge in [0.1, 0.15) is 11.9 Å². The molecule has 0 spiro atoms. The molecular formula is C14H18FNO3S. The van der Waals surface area contributed by atoms with Crippen LogP contribution in [0.1, 0.15) is 26.2 Å². The number of nitrogens with one attached hydrogen (secondary N) is 1. The lowest BCUT2D eigenvalue weighted by Gasteiger charge is -2.13. The van der Waals surface area contributed by atoms with Crippen LogP contribution in [0.3, 0.4) is 0 Å². The Labute approximate surface area is 121 Å². The maximum absolute atomic E-state index is 13.3. The lowest BCUT2D eigenvalue weighted by atomic mass is 10.1. The van der Waals surface area contributed by atoms with E-state index in [4.69, 9.17) is 5.11 Å². The van der Waals surface area contributed by atoms with Crippen molar-refractivity contribution in [2.45, 2.75) is 37.1 Å². The normalized spacial score (nSPS) is 11.9. The largest absolute Gasteiger partial charge is 0.480 e. The summed E-state index contributed by atoms with van der Waals surface area (Å²) in [6.07, 6.45) is 1.25. The van der Waals surface area contributed by atoms with E-state index in [0.717, 1.165) is 0 Å². The third kappa shape index (κ3) is 5.61. The summed E-state index contributed by atoms with van der Waals surface area (Å²) in [5.74, 6) is -1.26. The maximum Gasteiger partial charge on any atom is 0.326 e. The van der Waals surface area contributed by atoms with Crippen molar-refractivity contribution in [3.8, 4) is 0 Å². The van der Waals surface area contributed by atoms with Gasteiger partial charge in [-0.3, -0.25) is 4.79 Å². The average molecular weight is 299 g/mol. The number of hydrogen-bond acceptors (Lipinski definition) is 3. The molecule has 0 aliphatic rings. The van der Waals surface area contributed by atoms with Gasteiger partial charge in [-0.2, -0.15) is 0 Å². The van der Waals surface area contributed by atoms with Gasteiger partial charge in [-0.05, 0) is 18.6 Å². The highest BCUT2D eigenvalue weighted by Gasteiger charge is 2.18. The van der Waals surface area contributed by atoms with E-state index in [-0.39, 0.29) is 18.1 Å². The Morgan fingerprint density at radius 1 is 1.40 bits per heavy atom. The molecule has 0 fully saturated rings. The zero-order chi connectivity index (χ0) is 15.0. The van der Waals surface area contributed by atoms with E-state index in [1.807, 2.05) is 6.92 Å². The minimum absolute atomic E-state index is 0.159. The van der Waals surface area contributed by atoms with Crippen LogP contribution in [0, 0.1) is 5.82 Å². The first kappa shape index (κ1) is 16.5. The number of amides is 1. The Kier molecular flexibility index (Phi) is 7.08. The molecule has 6 heteroatoms. The highest BCUT2D eigenvalue weighted by molar-refractivity contribution is 7.99. The molecule has 0 unspecified atom stereocenters. The molecule has 0 saturated heterocycles.